The first kappa shape index (κ1) is 13.8. The lowest BCUT2D eigenvalue weighted by Crippen LogP contribution is -2.03. The van der Waals surface area contributed by atoms with Gasteiger partial charge in [-0.2, -0.15) is 0 Å². The molecule has 2 aromatic rings. The van der Waals surface area contributed by atoms with E-state index in [1.165, 1.54) is 11.3 Å². The number of halogens is 3. The number of carbonyl (C=O) groups is 1. The van der Waals surface area contributed by atoms with Crippen LogP contribution in [0.4, 0.5) is 8.78 Å². The van der Waals surface area contributed by atoms with Crippen molar-refractivity contribution in [2.45, 2.75) is 6.61 Å². The molecule has 3 nitrogen and oxygen atoms in total. The summed E-state index contributed by atoms with van der Waals surface area (Å²) in [4.78, 5) is 11.3. The predicted molar refractivity (Wildman–Crippen MR) is 67.0 cm³/mol. The highest BCUT2D eigenvalue weighted by atomic mass is 35.5. The van der Waals surface area contributed by atoms with Crippen LogP contribution in [0.15, 0.2) is 24.3 Å². The minimum Gasteiger partial charge on any atom is -0.482 e. The molecule has 0 radical (unpaired) electrons. The van der Waals surface area contributed by atoms with E-state index in [1.54, 1.807) is 12.1 Å². The van der Waals surface area contributed by atoms with Crippen molar-refractivity contribution in [1.29, 1.82) is 0 Å². The van der Waals surface area contributed by atoms with Gasteiger partial charge in [-0.05, 0) is 24.3 Å². The van der Waals surface area contributed by atoms with E-state index in [4.69, 9.17) is 21.4 Å². The Balaban J connectivity index is 2.18. The molecule has 0 spiro atoms. The fourth-order valence-electron chi connectivity index (χ4n) is 1.39. The second-order valence-corrected chi connectivity index (χ2v) is 5.37. The van der Waals surface area contributed by atoms with Crippen LogP contribution in [0.3, 0.4) is 0 Å². The Morgan fingerprint density at radius 3 is 2.42 bits per heavy atom. The average molecular weight is 305 g/mol. The Morgan fingerprint density at radius 1 is 1.32 bits per heavy atom. The summed E-state index contributed by atoms with van der Waals surface area (Å²) in [6, 6.07) is 4.74. The SMILES string of the molecule is O=C(O)c1cc(F)c(OCc2ccc(Cl)s2)c(F)c1. The Morgan fingerprint density at radius 2 is 1.95 bits per heavy atom. The minimum atomic E-state index is -1.41. The molecule has 19 heavy (non-hydrogen) atoms. The smallest absolute Gasteiger partial charge is 0.335 e. The fraction of sp³-hybridized carbons (Fsp3) is 0.0833. The van der Waals surface area contributed by atoms with E-state index in [-0.39, 0.29) is 6.61 Å². The molecule has 0 saturated carbocycles. The molecule has 0 saturated heterocycles. The van der Waals surface area contributed by atoms with Crippen LogP contribution in [0.25, 0.3) is 0 Å². The number of rotatable bonds is 4. The summed E-state index contributed by atoms with van der Waals surface area (Å²) >= 11 is 6.94. The number of carboxylic acids is 1. The van der Waals surface area contributed by atoms with Crippen molar-refractivity contribution in [3.05, 3.63) is 50.7 Å². The van der Waals surface area contributed by atoms with E-state index in [0.717, 1.165) is 0 Å². The topological polar surface area (TPSA) is 46.5 Å². The summed E-state index contributed by atoms with van der Waals surface area (Å²) in [5.74, 6) is -4.12. The first-order valence-electron chi connectivity index (χ1n) is 5.06. The molecule has 100 valence electrons. The van der Waals surface area contributed by atoms with E-state index in [9.17, 15) is 13.6 Å². The van der Waals surface area contributed by atoms with Crippen LogP contribution < -0.4 is 4.74 Å². The van der Waals surface area contributed by atoms with Crippen LogP contribution in [0.5, 0.6) is 5.75 Å². The van der Waals surface area contributed by atoms with Gasteiger partial charge < -0.3 is 9.84 Å². The maximum Gasteiger partial charge on any atom is 0.335 e. The Labute approximate surface area is 116 Å². The number of thiophene rings is 1. The standard InChI is InChI=1S/C12H7ClF2O3S/c13-10-2-1-7(19-10)5-18-11-8(14)3-6(12(16)17)4-9(11)15/h1-4H,5H2,(H,16,17). The largest absolute Gasteiger partial charge is 0.482 e. The molecule has 0 aliphatic heterocycles. The molecule has 0 unspecified atom stereocenters. The van der Waals surface area contributed by atoms with Gasteiger partial charge in [-0.25, -0.2) is 13.6 Å². The van der Waals surface area contributed by atoms with Gasteiger partial charge in [0.05, 0.1) is 9.90 Å². The molecule has 1 aromatic carbocycles. The fourth-order valence-corrected chi connectivity index (χ4v) is 2.39. The van der Waals surface area contributed by atoms with Gasteiger partial charge in [0.15, 0.2) is 17.4 Å². The van der Waals surface area contributed by atoms with Gasteiger partial charge in [0.2, 0.25) is 0 Å². The van der Waals surface area contributed by atoms with E-state index in [0.29, 0.717) is 21.3 Å². The third-order valence-electron chi connectivity index (χ3n) is 2.23. The third-order valence-corrected chi connectivity index (χ3v) is 3.44. The number of hydrogen-bond donors (Lipinski definition) is 1. The molecule has 7 heteroatoms. The van der Waals surface area contributed by atoms with E-state index in [1.807, 2.05) is 0 Å². The van der Waals surface area contributed by atoms with Crippen LogP contribution in [-0.4, -0.2) is 11.1 Å². The number of carboxylic acid groups (broad SMARTS) is 1. The monoisotopic (exact) mass is 304 g/mol. The third kappa shape index (κ3) is 3.21. The van der Waals surface area contributed by atoms with Crippen molar-refractivity contribution < 1.29 is 23.4 Å². The quantitative estimate of drug-likeness (QED) is 0.930. The highest BCUT2D eigenvalue weighted by molar-refractivity contribution is 7.16. The van der Waals surface area contributed by atoms with Crippen molar-refractivity contribution in [2.75, 3.05) is 0 Å². The van der Waals surface area contributed by atoms with Crippen LogP contribution >= 0.6 is 22.9 Å². The number of hydrogen-bond acceptors (Lipinski definition) is 3. The van der Waals surface area contributed by atoms with Crippen LogP contribution in [0.1, 0.15) is 15.2 Å². The summed E-state index contributed by atoms with van der Waals surface area (Å²) in [5.41, 5.74) is -0.471. The molecule has 0 bridgehead atoms. The Hall–Kier alpha value is -1.66. The van der Waals surface area contributed by atoms with Crippen LogP contribution in [-0.2, 0) is 6.61 Å². The molecule has 2 rings (SSSR count). The summed E-state index contributed by atoms with van der Waals surface area (Å²) in [6.45, 7) is -0.0440. The lowest BCUT2D eigenvalue weighted by Gasteiger charge is -2.08. The van der Waals surface area contributed by atoms with Gasteiger partial charge >= 0.3 is 5.97 Å². The van der Waals surface area contributed by atoms with Crippen LogP contribution in [0, 0.1) is 11.6 Å². The molecular weight excluding hydrogens is 298 g/mol. The van der Waals surface area contributed by atoms with Crippen molar-refractivity contribution in [1.82, 2.24) is 0 Å². The Kier molecular flexibility index (Phi) is 4.01. The summed E-state index contributed by atoms with van der Waals surface area (Å²) in [7, 11) is 0. The van der Waals surface area contributed by atoms with E-state index >= 15 is 0 Å². The molecule has 1 aromatic heterocycles. The highest BCUT2D eigenvalue weighted by Crippen LogP contribution is 2.27. The van der Waals surface area contributed by atoms with Gasteiger partial charge in [-0.1, -0.05) is 11.6 Å². The van der Waals surface area contributed by atoms with Crippen molar-refractivity contribution in [3.8, 4) is 5.75 Å². The first-order valence-corrected chi connectivity index (χ1v) is 6.26. The summed E-state index contributed by atoms with van der Waals surface area (Å²) in [5, 5.41) is 8.65. The Bertz CT molecular complexity index is 604. The number of ether oxygens (including phenoxy) is 1. The molecule has 0 atom stereocenters. The van der Waals surface area contributed by atoms with Gasteiger partial charge in [0, 0.05) is 4.88 Å². The van der Waals surface area contributed by atoms with E-state index in [2.05, 4.69) is 0 Å². The number of aromatic carboxylic acids is 1. The lowest BCUT2D eigenvalue weighted by molar-refractivity contribution is 0.0695. The molecule has 0 aliphatic carbocycles. The minimum absolute atomic E-state index is 0.0440. The zero-order valence-corrected chi connectivity index (χ0v) is 10.9. The lowest BCUT2D eigenvalue weighted by atomic mass is 10.2. The molecule has 0 aliphatic rings. The summed E-state index contributed by atoms with van der Waals surface area (Å²) < 4.78 is 32.6. The van der Waals surface area contributed by atoms with Crippen molar-refractivity contribution in [3.63, 3.8) is 0 Å². The second kappa shape index (κ2) is 5.54. The van der Waals surface area contributed by atoms with Crippen molar-refractivity contribution in [2.24, 2.45) is 0 Å². The molecule has 0 fully saturated rings. The second-order valence-electron chi connectivity index (χ2n) is 3.57. The van der Waals surface area contributed by atoms with Gasteiger partial charge in [0.25, 0.3) is 0 Å². The average Bonchev–Trinajstić information content (AvgIpc) is 2.73. The first-order chi connectivity index (χ1) is 8.97. The maximum atomic E-state index is 13.5. The molecule has 0 amide bonds. The normalized spacial score (nSPS) is 10.5. The van der Waals surface area contributed by atoms with Crippen molar-refractivity contribution >= 4 is 28.9 Å². The van der Waals surface area contributed by atoms with Gasteiger partial charge in [-0.3, -0.25) is 0 Å². The van der Waals surface area contributed by atoms with Gasteiger partial charge in [-0.15, -0.1) is 11.3 Å². The summed E-state index contributed by atoms with van der Waals surface area (Å²) in [6.07, 6.45) is 0. The zero-order valence-electron chi connectivity index (χ0n) is 9.32. The number of benzene rings is 1. The van der Waals surface area contributed by atoms with E-state index < -0.39 is 28.9 Å². The molecule has 1 N–H and O–H groups in total. The molecular formula is C12H7ClF2O3S. The predicted octanol–water partition coefficient (Wildman–Crippen LogP) is 3.96. The highest BCUT2D eigenvalue weighted by Gasteiger charge is 2.16. The van der Waals surface area contributed by atoms with Crippen LogP contribution in [0.2, 0.25) is 4.34 Å². The van der Waals surface area contributed by atoms with Gasteiger partial charge in [0.1, 0.15) is 6.61 Å². The zero-order chi connectivity index (χ0) is 14.0. The molecule has 1 heterocycles. The maximum absolute atomic E-state index is 13.5.